The monoisotopic (exact) mass is 596 g/mol. The van der Waals surface area contributed by atoms with E-state index in [0.717, 1.165) is 0 Å². The number of carboxylic acids is 2. The molecule has 1 aromatic carbocycles. The number of carboxylic acid groups (broad SMARTS) is 2. The molecule has 0 spiro atoms. The van der Waals surface area contributed by atoms with Crippen molar-refractivity contribution >= 4 is 87.6 Å². The minimum Gasteiger partial charge on any atom is -0.478 e. The van der Waals surface area contributed by atoms with Crippen LogP contribution in [-0.4, -0.2) is 34.1 Å². The lowest BCUT2D eigenvalue weighted by Gasteiger charge is -2.11. The zero-order valence-electron chi connectivity index (χ0n) is 11.5. The molecule has 0 aliphatic heterocycles. The van der Waals surface area contributed by atoms with Gasteiger partial charge < -0.3 is 33.1 Å². The van der Waals surface area contributed by atoms with Crippen LogP contribution in [0, 0.1) is 10.8 Å². The summed E-state index contributed by atoms with van der Waals surface area (Å²) in [5, 5.41) is 30.1. The van der Waals surface area contributed by atoms with E-state index in [2.05, 4.69) is 86.7 Å². The first-order chi connectivity index (χ1) is 10.7. The van der Waals surface area contributed by atoms with Crippen molar-refractivity contribution in [1.29, 1.82) is 10.8 Å². The third kappa shape index (κ3) is 8.47. The molecule has 0 aromatic heterocycles. The summed E-state index contributed by atoms with van der Waals surface area (Å²) in [4.78, 5) is 22.0. The molecule has 14 heteroatoms. The van der Waals surface area contributed by atoms with E-state index >= 15 is 0 Å². The largest absolute Gasteiger partial charge is 0.478 e. The summed E-state index contributed by atoms with van der Waals surface area (Å²) in [5.41, 5.74) is 17.8. The first kappa shape index (κ1) is 24.9. The van der Waals surface area contributed by atoms with E-state index in [1.54, 1.807) is 0 Å². The highest BCUT2D eigenvalue weighted by Crippen LogP contribution is 2.41. The number of hydrogen-bond donors (Lipinski definition) is 8. The predicted molar refractivity (Wildman–Crippen MR) is 103 cm³/mol. The van der Waals surface area contributed by atoms with E-state index in [9.17, 15) is 9.59 Å². The molecule has 0 bridgehead atoms. The van der Waals surface area contributed by atoms with Gasteiger partial charge in [-0.25, -0.2) is 9.59 Å². The molecule has 0 unspecified atom stereocenters. The van der Waals surface area contributed by atoms with Crippen LogP contribution in [0.25, 0.3) is 0 Å². The van der Waals surface area contributed by atoms with Crippen molar-refractivity contribution in [3.05, 3.63) is 29.0 Å². The molecule has 0 saturated carbocycles. The Hall–Kier alpha value is -1.38. The highest BCUT2D eigenvalue weighted by molar-refractivity contribution is 9.14. The molecule has 0 fully saturated rings. The van der Waals surface area contributed by atoms with Crippen LogP contribution in [0.3, 0.4) is 0 Å². The molecule has 1 aromatic rings. The van der Waals surface area contributed by atoms with Crippen LogP contribution < -0.4 is 22.9 Å². The summed E-state index contributed by atoms with van der Waals surface area (Å²) in [6.45, 7) is 0. The van der Waals surface area contributed by atoms with E-state index in [4.69, 9.17) is 21.0 Å². The van der Waals surface area contributed by atoms with Gasteiger partial charge >= 0.3 is 11.9 Å². The quantitative estimate of drug-likeness (QED) is 0.142. The summed E-state index contributed by atoms with van der Waals surface area (Å²) in [5.74, 6) is -3.01. The van der Waals surface area contributed by atoms with E-state index in [1.807, 2.05) is 0 Å². The van der Waals surface area contributed by atoms with Crippen molar-refractivity contribution in [2.45, 2.75) is 0 Å². The maximum Gasteiger partial charge on any atom is 0.338 e. The Bertz CT molecular complexity index is 588. The van der Waals surface area contributed by atoms with Gasteiger partial charge in [-0.2, -0.15) is 0 Å². The smallest absolute Gasteiger partial charge is 0.338 e. The Morgan fingerprint density at radius 1 is 0.667 bits per heavy atom. The predicted octanol–water partition coefficient (Wildman–Crippen LogP) is 1.81. The molecule has 0 heterocycles. The van der Waals surface area contributed by atoms with Crippen LogP contribution in [0.2, 0.25) is 0 Å². The standard InChI is InChI=1S/C8H2Br4O4.2CH5N3/c9-3-1(7(13)14)4(10)6(12)2(5(3)11)8(15)16;2*2-1(3)4/h(H,13,14)(H,15,16);2*(H5,2,3,4). The lowest BCUT2D eigenvalue weighted by molar-refractivity contribution is 0.0677. The van der Waals surface area contributed by atoms with Crippen molar-refractivity contribution < 1.29 is 19.8 Å². The fourth-order valence-electron chi connectivity index (χ4n) is 1.01. The third-order valence-corrected chi connectivity index (χ3v) is 5.93. The van der Waals surface area contributed by atoms with Gasteiger partial charge in [0.05, 0.1) is 11.1 Å². The first-order valence-corrected chi connectivity index (χ1v) is 8.44. The minimum absolute atomic E-state index is 0.0521. The van der Waals surface area contributed by atoms with Gasteiger partial charge in [0.2, 0.25) is 0 Å². The fourth-order valence-corrected chi connectivity index (χ4v) is 3.80. The molecular weight excluding hydrogens is 588 g/mol. The fraction of sp³-hybridized carbons (Fsp3) is 0. The summed E-state index contributed by atoms with van der Waals surface area (Å²) < 4.78 is 0.694. The van der Waals surface area contributed by atoms with Crippen LogP contribution in [0.15, 0.2) is 17.9 Å². The molecule has 0 saturated heterocycles. The second kappa shape index (κ2) is 11.2. The second-order valence-corrected chi connectivity index (χ2v) is 6.70. The number of benzene rings is 1. The average molecular weight is 600 g/mol. The number of nitrogens with two attached hydrogens (primary N) is 4. The van der Waals surface area contributed by atoms with Gasteiger partial charge in [-0.05, 0) is 63.7 Å². The second-order valence-electron chi connectivity index (χ2n) is 3.53. The molecule has 1 rings (SSSR count). The van der Waals surface area contributed by atoms with E-state index < -0.39 is 11.9 Å². The maximum absolute atomic E-state index is 11.0. The van der Waals surface area contributed by atoms with Crippen molar-refractivity contribution in [3.8, 4) is 0 Å². The molecular formula is C10H12Br4N6O4. The number of nitrogens with one attached hydrogen (secondary N) is 2. The van der Waals surface area contributed by atoms with Crippen molar-refractivity contribution in [2.24, 2.45) is 22.9 Å². The SMILES string of the molecule is N=C(N)N.N=C(N)N.O=C(O)c1c(Br)c(Br)c(C(=O)O)c(Br)c1Br. The Labute approximate surface area is 169 Å². The van der Waals surface area contributed by atoms with Gasteiger partial charge in [-0.3, -0.25) is 10.8 Å². The third-order valence-electron chi connectivity index (χ3n) is 1.69. The van der Waals surface area contributed by atoms with E-state index in [-0.39, 0.29) is 40.9 Å². The lowest BCUT2D eigenvalue weighted by Crippen LogP contribution is -2.20. The summed E-state index contributed by atoms with van der Waals surface area (Å²) in [7, 11) is 0. The van der Waals surface area contributed by atoms with Gasteiger partial charge in [0.15, 0.2) is 11.9 Å². The summed E-state index contributed by atoms with van der Waals surface area (Å²) in [6.07, 6.45) is 0. The van der Waals surface area contributed by atoms with Crippen molar-refractivity contribution in [3.63, 3.8) is 0 Å². The molecule has 24 heavy (non-hydrogen) atoms. The van der Waals surface area contributed by atoms with Gasteiger partial charge in [0, 0.05) is 17.9 Å². The molecule has 134 valence electrons. The molecule has 0 aliphatic rings. The Morgan fingerprint density at radius 3 is 0.875 bits per heavy atom. The minimum atomic E-state index is -1.17. The number of carbonyl (C=O) groups is 2. The maximum atomic E-state index is 11.0. The molecule has 0 aliphatic carbocycles. The van der Waals surface area contributed by atoms with Gasteiger partial charge in [0.1, 0.15) is 0 Å². The highest BCUT2D eigenvalue weighted by Gasteiger charge is 2.26. The highest BCUT2D eigenvalue weighted by atomic mass is 79.9. The Balaban J connectivity index is 0. The molecule has 0 radical (unpaired) electrons. The van der Waals surface area contributed by atoms with Gasteiger partial charge in [-0.1, -0.05) is 0 Å². The number of halogens is 4. The van der Waals surface area contributed by atoms with E-state index in [0.29, 0.717) is 0 Å². The number of hydrogen-bond acceptors (Lipinski definition) is 4. The topological polar surface area (TPSA) is 226 Å². The summed E-state index contributed by atoms with van der Waals surface area (Å²) in [6, 6.07) is 0. The molecule has 12 N–H and O–H groups in total. The van der Waals surface area contributed by atoms with Crippen LogP contribution in [0.4, 0.5) is 0 Å². The van der Waals surface area contributed by atoms with Gasteiger partial charge in [-0.15, -0.1) is 0 Å². The Morgan fingerprint density at radius 2 is 0.792 bits per heavy atom. The molecule has 0 atom stereocenters. The number of guanidine groups is 2. The Kier molecular flexibility index (Phi) is 11.6. The first-order valence-electron chi connectivity index (χ1n) is 5.27. The van der Waals surface area contributed by atoms with Crippen LogP contribution in [0.5, 0.6) is 0 Å². The lowest BCUT2D eigenvalue weighted by atomic mass is 10.1. The van der Waals surface area contributed by atoms with Crippen LogP contribution in [-0.2, 0) is 0 Å². The number of rotatable bonds is 2. The average Bonchev–Trinajstić information content (AvgIpc) is 2.34. The zero-order valence-corrected chi connectivity index (χ0v) is 17.9. The molecule has 10 nitrogen and oxygen atoms in total. The van der Waals surface area contributed by atoms with Crippen LogP contribution in [0.1, 0.15) is 20.7 Å². The molecule has 0 amide bonds. The van der Waals surface area contributed by atoms with Gasteiger partial charge in [0.25, 0.3) is 0 Å². The zero-order chi connectivity index (χ0) is 19.8. The summed E-state index contributed by atoms with van der Waals surface area (Å²) >= 11 is 12.2. The number of aromatic carboxylic acids is 2. The normalized spacial score (nSPS) is 8.83. The van der Waals surface area contributed by atoms with Crippen molar-refractivity contribution in [1.82, 2.24) is 0 Å². The van der Waals surface area contributed by atoms with Crippen LogP contribution >= 0.6 is 63.7 Å². The van der Waals surface area contributed by atoms with E-state index in [1.165, 1.54) is 0 Å². The van der Waals surface area contributed by atoms with Crippen molar-refractivity contribution in [2.75, 3.05) is 0 Å².